The molecule has 2 aromatic rings. The molecule has 0 aliphatic carbocycles. The number of amides is 1. The van der Waals surface area contributed by atoms with Crippen molar-refractivity contribution in [2.75, 3.05) is 40.1 Å². The van der Waals surface area contributed by atoms with Crippen molar-refractivity contribution in [3.8, 4) is 17.2 Å². The summed E-state index contributed by atoms with van der Waals surface area (Å²) in [5.41, 5.74) is 1.71. The second-order valence-corrected chi connectivity index (χ2v) is 9.56. The number of nitrogens with zero attached hydrogens (tertiary/aromatic N) is 2. The third-order valence-electron chi connectivity index (χ3n) is 6.82. The fourth-order valence-corrected chi connectivity index (χ4v) is 5.19. The SMILES string of the molecule is CCN(CC(C)C)C(=O)CN1C[C@H](c2ccc3c(c2)OCO3)[C@H](C(=O)O)[C@H]1c1ccc(OC)cc1. The Kier molecular flexibility index (Phi) is 7.50. The zero-order valence-corrected chi connectivity index (χ0v) is 20.8. The lowest BCUT2D eigenvalue weighted by Gasteiger charge is -2.30. The molecule has 8 nitrogen and oxygen atoms in total. The van der Waals surface area contributed by atoms with E-state index in [-0.39, 0.29) is 25.2 Å². The molecule has 0 aromatic heterocycles. The highest BCUT2D eigenvalue weighted by molar-refractivity contribution is 5.79. The number of hydrogen-bond donors (Lipinski definition) is 1. The summed E-state index contributed by atoms with van der Waals surface area (Å²) in [4.78, 5) is 29.8. The van der Waals surface area contributed by atoms with E-state index in [9.17, 15) is 14.7 Å². The highest BCUT2D eigenvalue weighted by atomic mass is 16.7. The van der Waals surface area contributed by atoms with Gasteiger partial charge in [-0.3, -0.25) is 14.5 Å². The first-order valence-electron chi connectivity index (χ1n) is 12.1. The van der Waals surface area contributed by atoms with Crippen molar-refractivity contribution >= 4 is 11.9 Å². The summed E-state index contributed by atoms with van der Waals surface area (Å²) in [5, 5.41) is 10.4. The van der Waals surface area contributed by atoms with Crippen molar-refractivity contribution < 1.29 is 28.9 Å². The van der Waals surface area contributed by atoms with Crippen molar-refractivity contribution in [2.45, 2.75) is 32.7 Å². The van der Waals surface area contributed by atoms with Gasteiger partial charge in [0, 0.05) is 31.6 Å². The Morgan fingerprint density at radius 1 is 1.11 bits per heavy atom. The van der Waals surface area contributed by atoms with E-state index in [2.05, 4.69) is 13.8 Å². The fourth-order valence-electron chi connectivity index (χ4n) is 5.19. The molecule has 2 aliphatic heterocycles. The second-order valence-electron chi connectivity index (χ2n) is 9.56. The van der Waals surface area contributed by atoms with Crippen LogP contribution in [0.3, 0.4) is 0 Å². The number of carbonyl (C=O) groups excluding carboxylic acids is 1. The van der Waals surface area contributed by atoms with Gasteiger partial charge in [0.2, 0.25) is 12.7 Å². The number of methoxy groups -OCH3 is 1. The molecule has 4 rings (SSSR count). The number of ether oxygens (including phenoxy) is 3. The van der Waals surface area contributed by atoms with E-state index in [1.165, 1.54) is 0 Å². The smallest absolute Gasteiger partial charge is 0.309 e. The summed E-state index contributed by atoms with van der Waals surface area (Å²) in [6, 6.07) is 12.6. The number of carboxylic acid groups (broad SMARTS) is 1. The van der Waals surface area contributed by atoms with Gasteiger partial charge < -0.3 is 24.2 Å². The summed E-state index contributed by atoms with van der Waals surface area (Å²) in [5.74, 6) is 0.388. The average molecular weight is 483 g/mol. The first-order chi connectivity index (χ1) is 16.8. The topological polar surface area (TPSA) is 88.5 Å². The fraction of sp³-hybridized carbons (Fsp3) is 0.481. The quantitative estimate of drug-likeness (QED) is 0.582. The molecule has 2 aromatic carbocycles. The van der Waals surface area contributed by atoms with Crippen LogP contribution in [0.15, 0.2) is 42.5 Å². The van der Waals surface area contributed by atoms with Crippen LogP contribution in [0.1, 0.15) is 43.9 Å². The van der Waals surface area contributed by atoms with Crippen LogP contribution in [-0.4, -0.2) is 66.9 Å². The van der Waals surface area contributed by atoms with E-state index < -0.39 is 17.9 Å². The first kappa shape index (κ1) is 24.9. The van der Waals surface area contributed by atoms with Gasteiger partial charge in [0.25, 0.3) is 0 Å². The van der Waals surface area contributed by atoms with Crippen LogP contribution in [-0.2, 0) is 9.59 Å². The van der Waals surface area contributed by atoms with E-state index >= 15 is 0 Å². The Morgan fingerprint density at radius 2 is 1.80 bits per heavy atom. The van der Waals surface area contributed by atoms with Crippen molar-refractivity contribution in [2.24, 2.45) is 11.8 Å². The largest absolute Gasteiger partial charge is 0.497 e. The lowest BCUT2D eigenvalue weighted by atomic mass is 9.82. The Morgan fingerprint density at radius 3 is 2.43 bits per heavy atom. The molecular weight excluding hydrogens is 448 g/mol. The molecule has 1 fully saturated rings. The number of rotatable bonds is 9. The number of aliphatic carboxylic acids is 1. The maximum atomic E-state index is 13.3. The molecule has 2 heterocycles. The number of likely N-dealkylation sites (N-methyl/N-ethyl adjacent to an activating group) is 1. The number of carbonyl (C=O) groups is 2. The molecule has 8 heteroatoms. The van der Waals surface area contributed by atoms with Crippen molar-refractivity contribution in [1.29, 1.82) is 0 Å². The second kappa shape index (κ2) is 10.6. The molecule has 0 spiro atoms. The summed E-state index contributed by atoms with van der Waals surface area (Å²) in [6.45, 7) is 8.19. The lowest BCUT2D eigenvalue weighted by molar-refractivity contribution is -0.144. The highest BCUT2D eigenvalue weighted by Crippen LogP contribution is 2.47. The van der Waals surface area contributed by atoms with Gasteiger partial charge in [-0.2, -0.15) is 0 Å². The predicted octanol–water partition coefficient (Wildman–Crippen LogP) is 3.77. The normalized spacial score (nSPS) is 21.3. The van der Waals surface area contributed by atoms with Crippen LogP contribution < -0.4 is 14.2 Å². The Bertz CT molecular complexity index is 1050. The van der Waals surface area contributed by atoms with Crippen LogP contribution in [0.4, 0.5) is 0 Å². The van der Waals surface area contributed by atoms with Crippen LogP contribution >= 0.6 is 0 Å². The minimum absolute atomic E-state index is 0.00943. The van der Waals surface area contributed by atoms with E-state index in [0.717, 1.165) is 11.1 Å². The zero-order chi connectivity index (χ0) is 25.1. The molecule has 188 valence electrons. The number of benzene rings is 2. The third-order valence-corrected chi connectivity index (χ3v) is 6.82. The molecule has 3 atom stereocenters. The Labute approximate surface area is 206 Å². The minimum atomic E-state index is -0.891. The van der Waals surface area contributed by atoms with Crippen molar-refractivity contribution in [3.63, 3.8) is 0 Å². The van der Waals surface area contributed by atoms with Crippen LogP contribution in [0.5, 0.6) is 17.2 Å². The monoisotopic (exact) mass is 482 g/mol. The summed E-state index contributed by atoms with van der Waals surface area (Å²) >= 11 is 0. The van der Waals surface area contributed by atoms with Gasteiger partial charge in [-0.05, 0) is 48.2 Å². The van der Waals surface area contributed by atoms with Gasteiger partial charge in [0.15, 0.2) is 11.5 Å². The third kappa shape index (κ3) is 5.22. The highest BCUT2D eigenvalue weighted by Gasteiger charge is 2.48. The maximum Gasteiger partial charge on any atom is 0.309 e. The van der Waals surface area contributed by atoms with E-state index in [4.69, 9.17) is 14.2 Å². The number of hydrogen-bond acceptors (Lipinski definition) is 6. The molecule has 0 unspecified atom stereocenters. The summed E-state index contributed by atoms with van der Waals surface area (Å²) in [6.07, 6.45) is 0. The standard InChI is InChI=1S/C27H34N2O6/c1-5-28(13-17(2)3)24(30)15-29-14-21(19-8-11-22-23(12-19)35-16-34-22)25(27(31)32)26(29)18-6-9-20(33-4)10-7-18/h6-12,17,21,25-26H,5,13-16H2,1-4H3,(H,31,32)/t21-,25+,26-/m1/s1. The molecular formula is C27H34N2O6. The lowest BCUT2D eigenvalue weighted by Crippen LogP contribution is -2.42. The van der Waals surface area contributed by atoms with Crippen LogP contribution in [0, 0.1) is 11.8 Å². The summed E-state index contributed by atoms with van der Waals surface area (Å²) < 4.78 is 16.3. The maximum absolute atomic E-state index is 13.3. The number of fused-ring (bicyclic) bond motifs is 1. The van der Waals surface area contributed by atoms with Crippen LogP contribution in [0.2, 0.25) is 0 Å². The molecule has 1 amide bonds. The summed E-state index contributed by atoms with van der Waals surface area (Å²) in [7, 11) is 1.60. The van der Waals surface area contributed by atoms with Crippen molar-refractivity contribution in [3.05, 3.63) is 53.6 Å². The van der Waals surface area contributed by atoms with Gasteiger partial charge in [-0.15, -0.1) is 0 Å². The average Bonchev–Trinajstić information content (AvgIpc) is 3.46. The Hall–Kier alpha value is -3.26. The Balaban J connectivity index is 1.70. The van der Waals surface area contributed by atoms with Gasteiger partial charge >= 0.3 is 5.97 Å². The molecule has 1 N–H and O–H groups in total. The number of likely N-dealkylation sites (tertiary alicyclic amines) is 1. The molecule has 0 radical (unpaired) electrons. The molecule has 0 bridgehead atoms. The number of carboxylic acids is 1. The first-order valence-corrected chi connectivity index (χ1v) is 12.1. The van der Waals surface area contributed by atoms with E-state index in [1.807, 2.05) is 59.2 Å². The van der Waals surface area contributed by atoms with Gasteiger partial charge in [0.05, 0.1) is 19.6 Å². The molecule has 0 saturated carbocycles. The molecule has 2 aliphatic rings. The van der Waals surface area contributed by atoms with E-state index in [0.29, 0.717) is 42.8 Å². The zero-order valence-electron chi connectivity index (χ0n) is 20.8. The molecule has 1 saturated heterocycles. The van der Waals surface area contributed by atoms with Crippen molar-refractivity contribution in [1.82, 2.24) is 9.80 Å². The van der Waals surface area contributed by atoms with Gasteiger partial charge in [-0.25, -0.2) is 0 Å². The van der Waals surface area contributed by atoms with E-state index in [1.54, 1.807) is 7.11 Å². The van der Waals surface area contributed by atoms with Gasteiger partial charge in [0.1, 0.15) is 5.75 Å². The van der Waals surface area contributed by atoms with Gasteiger partial charge in [-0.1, -0.05) is 32.0 Å². The molecule has 35 heavy (non-hydrogen) atoms. The van der Waals surface area contributed by atoms with Crippen LogP contribution in [0.25, 0.3) is 0 Å². The predicted molar refractivity (Wildman–Crippen MR) is 131 cm³/mol. The minimum Gasteiger partial charge on any atom is -0.497 e.